The molecule has 0 amide bonds. The molecule has 0 saturated carbocycles. The Morgan fingerprint density at radius 1 is 1.12 bits per heavy atom. The maximum atomic E-state index is 12.2. The first kappa shape index (κ1) is 16.8. The van der Waals surface area contributed by atoms with E-state index in [9.17, 15) is 8.42 Å². The van der Waals surface area contributed by atoms with Gasteiger partial charge in [-0.2, -0.15) is 0 Å². The van der Waals surface area contributed by atoms with Crippen molar-refractivity contribution in [1.29, 1.82) is 0 Å². The highest BCUT2D eigenvalue weighted by Crippen LogP contribution is 2.26. The van der Waals surface area contributed by atoms with Crippen molar-refractivity contribution in [3.05, 3.63) is 30.5 Å². The largest absolute Gasteiger partial charge is 0.402 e. The van der Waals surface area contributed by atoms with Crippen LogP contribution < -0.4 is 11.5 Å². The number of hydrogen-bond donors (Lipinski definition) is 2. The van der Waals surface area contributed by atoms with Gasteiger partial charge in [0.2, 0.25) is 0 Å². The molecular formula is C15H20N6O3S. The van der Waals surface area contributed by atoms with E-state index in [1.807, 2.05) is 0 Å². The van der Waals surface area contributed by atoms with Crippen LogP contribution in [0.3, 0.4) is 0 Å². The number of anilines is 2. The summed E-state index contributed by atoms with van der Waals surface area (Å²) < 4.78 is 29.5. The first-order valence-electron chi connectivity index (χ1n) is 7.35. The fraction of sp³-hybridized carbons (Fsp3) is 0.200. The number of aromatic nitrogens is 4. The first-order valence-corrected chi connectivity index (χ1v) is 8.90. The van der Waals surface area contributed by atoms with E-state index in [-0.39, 0.29) is 31.2 Å². The molecule has 0 aliphatic rings. The van der Waals surface area contributed by atoms with Gasteiger partial charge in [-0.15, -0.1) is 5.10 Å². The number of benzene rings is 1. The molecule has 2 heterocycles. The van der Waals surface area contributed by atoms with Crippen LogP contribution in [0.25, 0.3) is 22.8 Å². The molecule has 3 aromatic rings. The van der Waals surface area contributed by atoms with E-state index in [2.05, 4.69) is 20.2 Å². The third-order valence-corrected chi connectivity index (χ3v) is 5.71. The summed E-state index contributed by atoms with van der Waals surface area (Å²) in [6, 6.07) is 6.27. The van der Waals surface area contributed by atoms with E-state index in [1.165, 1.54) is 18.3 Å². The second-order valence-electron chi connectivity index (χ2n) is 5.55. The molecule has 0 saturated heterocycles. The molecule has 4 N–H and O–H groups in total. The summed E-state index contributed by atoms with van der Waals surface area (Å²) in [6.07, 6.45) is 1.48. The van der Waals surface area contributed by atoms with Crippen molar-refractivity contribution in [2.75, 3.05) is 11.5 Å². The third kappa shape index (κ3) is 3.15. The Morgan fingerprint density at radius 2 is 1.80 bits per heavy atom. The van der Waals surface area contributed by atoms with Gasteiger partial charge in [0, 0.05) is 8.42 Å². The second-order valence-corrected chi connectivity index (χ2v) is 8.06. The van der Waals surface area contributed by atoms with Gasteiger partial charge in [-0.05, 0) is 26.0 Å². The molecule has 9 nitrogen and oxygen atoms in total. The van der Waals surface area contributed by atoms with Crippen molar-refractivity contribution in [3.63, 3.8) is 0 Å². The Kier molecular flexibility index (Phi) is 4.13. The zero-order chi connectivity index (χ0) is 18.2. The Hall–Kier alpha value is -3.01. The van der Waals surface area contributed by atoms with Crippen molar-refractivity contribution in [2.24, 2.45) is 0 Å². The lowest BCUT2D eigenvalue weighted by molar-refractivity contribution is 0.587. The lowest BCUT2D eigenvalue weighted by atomic mass is 10.1. The van der Waals surface area contributed by atoms with Crippen LogP contribution in [0.4, 0.5) is 11.8 Å². The average molecular weight is 364 g/mol. The smallest absolute Gasteiger partial charge is 0.313 e. The van der Waals surface area contributed by atoms with Gasteiger partial charge in [0.1, 0.15) is 0 Å². The van der Waals surface area contributed by atoms with Crippen molar-refractivity contribution in [3.8, 4) is 22.8 Å². The number of rotatable bonds is 4. The number of nitrogens with zero attached hydrogens (tertiary/aromatic N) is 4. The minimum absolute atomic E-state index is 0. The van der Waals surface area contributed by atoms with Crippen LogP contribution in [0.5, 0.6) is 0 Å². The molecule has 0 unspecified atom stereocenters. The van der Waals surface area contributed by atoms with Gasteiger partial charge >= 0.3 is 6.01 Å². The topological polar surface area (TPSA) is 151 Å². The fourth-order valence-electron chi connectivity index (χ4n) is 2.11. The quantitative estimate of drug-likeness (QED) is 0.708. The Balaban J connectivity index is 0.00000182. The van der Waals surface area contributed by atoms with Gasteiger partial charge < -0.3 is 15.9 Å². The number of sulfone groups is 1. The van der Waals surface area contributed by atoms with Crippen LogP contribution in [-0.4, -0.2) is 33.8 Å². The highest BCUT2D eigenvalue weighted by Gasteiger charge is 2.19. The SMILES string of the molecule is CC(C)S(=O)(=O)c1ccc(-c2cnc(N)c(-c3nnc(N)o3)n2)cc1.[HH].[HH]. The molecule has 0 atom stereocenters. The minimum Gasteiger partial charge on any atom is -0.402 e. The molecular weight excluding hydrogens is 344 g/mol. The summed E-state index contributed by atoms with van der Waals surface area (Å²) in [5.74, 6) is 0.176. The molecule has 0 bridgehead atoms. The van der Waals surface area contributed by atoms with E-state index in [0.29, 0.717) is 11.3 Å². The van der Waals surface area contributed by atoms with Gasteiger partial charge in [0.05, 0.1) is 22.0 Å². The van der Waals surface area contributed by atoms with E-state index < -0.39 is 15.1 Å². The first-order chi connectivity index (χ1) is 11.8. The summed E-state index contributed by atoms with van der Waals surface area (Å²) in [7, 11) is -3.33. The predicted molar refractivity (Wildman–Crippen MR) is 96.1 cm³/mol. The molecule has 3 rings (SSSR count). The summed E-state index contributed by atoms with van der Waals surface area (Å²) >= 11 is 0. The normalized spacial score (nSPS) is 11.8. The van der Waals surface area contributed by atoms with Gasteiger partial charge in [0.25, 0.3) is 5.89 Å². The third-order valence-electron chi connectivity index (χ3n) is 3.54. The molecule has 134 valence electrons. The van der Waals surface area contributed by atoms with E-state index in [4.69, 9.17) is 15.9 Å². The fourth-order valence-corrected chi connectivity index (χ4v) is 3.17. The van der Waals surface area contributed by atoms with Crippen LogP contribution in [0.1, 0.15) is 16.7 Å². The highest BCUT2D eigenvalue weighted by molar-refractivity contribution is 7.92. The van der Waals surface area contributed by atoms with Crippen LogP contribution in [0.2, 0.25) is 0 Å². The zero-order valence-electron chi connectivity index (χ0n) is 13.5. The zero-order valence-corrected chi connectivity index (χ0v) is 14.4. The lowest BCUT2D eigenvalue weighted by Crippen LogP contribution is -2.13. The lowest BCUT2D eigenvalue weighted by Gasteiger charge is -2.09. The van der Waals surface area contributed by atoms with Crippen LogP contribution in [-0.2, 0) is 9.84 Å². The number of nitrogens with two attached hydrogens (primary N) is 2. The van der Waals surface area contributed by atoms with Crippen molar-refractivity contribution in [2.45, 2.75) is 24.0 Å². The summed E-state index contributed by atoms with van der Waals surface area (Å²) in [4.78, 5) is 8.68. The molecule has 0 fully saturated rings. The Morgan fingerprint density at radius 3 is 2.36 bits per heavy atom. The molecule has 0 spiro atoms. The molecule has 2 aromatic heterocycles. The highest BCUT2D eigenvalue weighted by atomic mass is 32.2. The summed E-state index contributed by atoms with van der Waals surface area (Å²) in [5, 5.41) is 6.81. The number of nitrogen functional groups attached to an aromatic ring is 2. The van der Waals surface area contributed by atoms with Gasteiger partial charge in [-0.25, -0.2) is 18.4 Å². The van der Waals surface area contributed by atoms with Crippen LogP contribution in [0.15, 0.2) is 39.8 Å². The average Bonchev–Trinajstić information content (AvgIpc) is 3.01. The van der Waals surface area contributed by atoms with Crippen molar-refractivity contribution < 1.29 is 15.7 Å². The van der Waals surface area contributed by atoms with Gasteiger partial charge in [-0.3, -0.25) is 0 Å². The maximum Gasteiger partial charge on any atom is 0.313 e. The maximum absolute atomic E-state index is 12.2. The predicted octanol–water partition coefficient (Wildman–Crippen LogP) is 2.03. The monoisotopic (exact) mass is 364 g/mol. The second kappa shape index (κ2) is 6.13. The standard InChI is InChI=1S/C15H16N6O3S.2H2/c1-8(2)25(22,23)10-5-3-9(4-6-10)11-7-18-13(16)12(19-11)14-20-21-15(17)24-14;;/h3-8H,1-2H3,(H2,16,18)(H2,17,21);2*1H. The van der Waals surface area contributed by atoms with Crippen LogP contribution >= 0.6 is 0 Å². The minimum atomic E-state index is -3.33. The molecule has 0 radical (unpaired) electrons. The van der Waals surface area contributed by atoms with Crippen LogP contribution in [0, 0.1) is 0 Å². The van der Waals surface area contributed by atoms with E-state index in [1.54, 1.807) is 26.0 Å². The van der Waals surface area contributed by atoms with Gasteiger partial charge in [0.15, 0.2) is 21.3 Å². The van der Waals surface area contributed by atoms with E-state index >= 15 is 0 Å². The summed E-state index contributed by atoms with van der Waals surface area (Å²) in [6.45, 7) is 3.27. The van der Waals surface area contributed by atoms with Gasteiger partial charge in [-0.1, -0.05) is 17.2 Å². The van der Waals surface area contributed by atoms with Crippen molar-refractivity contribution >= 4 is 21.7 Å². The molecule has 1 aromatic carbocycles. The molecule has 0 aliphatic heterocycles. The molecule has 25 heavy (non-hydrogen) atoms. The Bertz CT molecular complexity index is 1020. The molecule has 0 aliphatic carbocycles. The van der Waals surface area contributed by atoms with E-state index in [0.717, 1.165) is 0 Å². The number of hydrogen-bond acceptors (Lipinski definition) is 9. The Labute approximate surface area is 147 Å². The molecule has 10 heteroatoms. The summed E-state index contributed by atoms with van der Waals surface area (Å²) in [5.41, 5.74) is 12.6. The van der Waals surface area contributed by atoms with Crippen molar-refractivity contribution in [1.82, 2.24) is 20.2 Å².